The van der Waals surface area contributed by atoms with E-state index in [0.717, 1.165) is 22.2 Å². The topological polar surface area (TPSA) is 46.3 Å². The van der Waals surface area contributed by atoms with Crippen LogP contribution in [0, 0.1) is 11.6 Å². The van der Waals surface area contributed by atoms with E-state index in [1.807, 2.05) is 24.3 Å². The third-order valence-electron chi connectivity index (χ3n) is 3.49. The van der Waals surface area contributed by atoms with Crippen molar-refractivity contribution in [2.45, 2.75) is 12.6 Å². The van der Waals surface area contributed by atoms with E-state index < -0.39 is 23.6 Å². The largest absolute Gasteiger partial charge is 0.316 e. The molecule has 6 heteroatoms. The van der Waals surface area contributed by atoms with Gasteiger partial charge in [0.25, 0.3) is 0 Å². The second-order valence-electron chi connectivity index (χ2n) is 4.81. The van der Waals surface area contributed by atoms with Crippen LogP contribution in [-0.4, -0.2) is 5.91 Å². The molecule has 0 aliphatic carbocycles. The highest BCUT2D eigenvalue weighted by Crippen LogP contribution is 2.38. The number of amides is 1. The minimum atomic E-state index is -1.09. The Kier molecular flexibility index (Phi) is 3.51. The molecule has 0 bridgehead atoms. The fourth-order valence-electron chi connectivity index (χ4n) is 2.47. The first kappa shape index (κ1) is 14.2. The third kappa shape index (κ3) is 2.34. The van der Waals surface area contributed by atoms with Crippen molar-refractivity contribution in [3.63, 3.8) is 0 Å². The molecule has 2 N–H and O–H groups in total. The lowest BCUT2D eigenvalue weighted by atomic mass is 10.1. The molecule has 1 amide bonds. The van der Waals surface area contributed by atoms with Crippen LogP contribution in [0.2, 0.25) is 0 Å². The molecule has 1 aliphatic rings. The fraction of sp³-hybridized carbons (Fsp3) is 0.133. The van der Waals surface area contributed by atoms with Crippen molar-refractivity contribution >= 4 is 27.5 Å². The Morgan fingerprint density at radius 1 is 1.24 bits per heavy atom. The fourth-order valence-corrected chi connectivity index (χ4v) is 2.88. The molecule has 2 aromatic carbocycles. The SMILES string of the molecule is NC1C(=O)N(Cc2ccccc2Br)c2cc(F)cc(F)c21. The second-order valence-corrected chi connectivity index (χ2v) is 5.67. The molecule has 3 rings (SSSR count). The minimum absolute atomic E-state index is 0.0495. The van der Waals surface area contributed by atoms with Crippen LogP contribution in [0.25, 0.3) is 0 Å². The summed E-state index contributed by atoms with van der Waals surface area (Å²) in [5.74, 6) is -1.96. The molecular formula is C15H11BrF2N2O. The average Bonchev–Trinajstić information content (AvgIpc) is 2.66. The molecule has 1 unspecified atom stereocenters. The minimum Gasteiger partial charge on any atom is -0.316 e. The van der Waals surface area contributed by atoms with Crippen LogP contribution in [0.1, 0.15) is 17.2 Å². The Morgan fingerprint density at radius 3 is 2.67 bits per heavy atom. The molecule has 1 aliphatic heterocycles. The van der Waals surface area contributed by atoms with Gasteiger partial charge in [0.2, 0.25) is 5.91 Å². The molecule has 1 atom stereocenters. The van der Waals surface area contributed by atoms with Gasteiger partial charge >= 0.3 is 0 Å². The summed E-state index contributed by atoms with van der Waals surface area (Å²) < 4.78 is 28.1. The van der Waals surface area contributed by atoms with Gasteiger partial charge in [0, 0.05) is 16.1 Å². The number of carbonyl (C=O) groups is 1. The van der Waals surface area contributed by atoms with Gasteiger partial charge in [-0.3, -0.25) is 4.79 Å². The summed E-state index contributed by atoms with van der Waals surface area (Å²) in [6.45, 7) is 0.198. The van der Waals surface area contributed by atoms with Gasteiger partial charge in [-0.25, -0.2) is 8.78 Å². The van der Waals surface area contributed by atoms with E-state index in [-0.39, 0.29) is 17.8 Å². The number of hydrogen-bond acceptors (Lipinski definition) is 2. The predicted molar refractivity (Wildman–Crippen MR) is 78.6 cm³/mol. The van der Waals surface area contributed by atoms with Gasteiger partial charge < -0.3 is 10.6 Å². The van der Waals surface area contributed by atoms with Crippen LogP contribution in [0.3, 0.4) is 0 Å². The van der Waals surface area contributed by atoms with Gasteiger partial charge in [0.1, 0.15) is 17.7 Å². The van der Waals surface area contributed by atoms with E-state index >= 15 is 0 Å². The molecule has 2 aromatic rings. The first-order valence-corrected chi connectivity index (χ1v) is 7.07. The van der Waals surface area contributed by atoms with Crippen LogP contribution >= 0.6 is 15.9 Å². The summed E-state index contributed by atoms with van der Waals surface area (Å²) >= 11 is 3.39. The van der Waals surface area contributed by atoms with Gasteiger partial charge in [0.15, 0.2) is 0 Å². The van der Waals surface area contributed by atoms with Crippen LogP contribution in [0.4, 0.5) is 14.5 Å². The van der Waals surface area contributed by atoms with Crippen molar-refractivity contribution in [1.82, 2.24) is 0 Å². The Bertz CT molecular complexity index is 736. The van der Waals surface area contributed by atoms with Gasteiger partial charge in [-0.2, -0.15) is 0 Å². The summed E-state index contributed by atoms with van der Waals surface area (Å²) in [5, 5.41) is 0. The van der Waals surface area contributed by atoms with Gasteiger partial charge in [-0.05, 0) is 17.7 Å². The molecule has 0 fully saturated rings. The molecule has 3 nitrogen and oxygen atoms in total. The lowest BCUT2D eigenvalue weighted by Gasteiger charge is -2.18. The van der Waals surface area contributed by atoms with Crippen molar-refractivity contribution in [2.75, 3.05) is 4.90 Å². The summed E-state index contributed by atoms with van der Waals surface area (Å²) in [7, 11) is 0. The number of halogens is 3. The predicted octanol–water partition coefficient (Wildman–Crippen LogP) is 3.27. The highest BCUT2D eigenvalue weighted by Gasteiger charge is 2.37. The molecular weight excluding hydrogens is 342 g/mol. The third-order valence-corrected chi connectivity index (χ3v) is 4.27. The monoisotopic (exact) mass is 352 g/mol. The van der Waals surface area contributed by atoms with E-state index in [4.69, 9.17) is 5.73 Å². The number of nitrogens with two attached hydrogens (primary N) is 1. The molecule has 0 aromatic heterocycles. The maximum absolute atomic E-state index is 13.9. The number of carbonyl (C=O) groups excluding carboxylic acids is 1. The highest BCUT2D eigenvalue weighted by molar-refractivity contribution is 9.10. The zero-order valence-corrected chi connectivity index (χ0v) is 12.4. The molecule has 0 spiro atoms. The molecule has 0 saturated heterocycles. The van der Waals surface area contributed by atoms with Crippen molar-refractivity contribution < 1.29 is 13.6 Å². The first-order valence-electron chi connectivity index (χ1n) is 6.28. The molecule has 1 heterocycles. The second kappa shape index (κ2) is 5.20. The number of rotatable bonds is 2. The lowest BCUT2D eigenvalue weighted by molar-refractivity contribution is -0.119. The molecule has 21 heavy (non-hydrogen) atoms. The van der Waals surface area contributed by atoms with E-state index in [0.29, 0.717) is 0 Å². The van der Waals surface area contributed by atoms with Crippen molar-refractivity contribution in [2.24, 2.45) is 5.73 Å². The molecule has 0 radical (unpaired) electrons. The van der Waals surface area contributed by atoms with E-state index in [1.165, 1.54) is 4.90 Å². The highest BCUT2D eigenvalue weighted by atomic mass is 79.9. The Hall–Kier alpha value is -1.79. The summed E-state index contributed by atoms with van der Waals surface area (Å²) in [6, 6.07) is 8.13. The first-order chi connectivity index (χ1) is 9.99. The van der Waals surface area contributed by atoms with Gasteiger partial charge in [0.05, 0.1) is 12.2 Å². The van der Waals surface area contributed by atoms with E-state index in [2.05, 4.69) is 15.9 Å². The van der Waals surface area contributed by atoms with Crippen LogP contribution in [-0.2, 0) is 11.3 Å². The average molecular weight is 353 g/mol. The molecule has 0 saturated carbocycles. The maximum Gasteiger partial charge on any atom is 0.249 e. The van der Waals surface area contributed by atoms with E-state index in [1.54, 1.807) is 0 Å². The van der Waals surface area contributed by atoms with Crippen molar-refractivity contribution in [3.8, 4) is 0 Å². The lowest BCUT2D eigenvalue weighted by Crippen LogP contribution is -2.31. The van der Waals surface area contributed by atoms with Gasteiger partial charge in [-0.15, -0.1) is 0 Å². The van der Waals surface area contributed by atoms with Crippen molar-refractivity contribution in [3.05, 3.63) is 63.6 Å². The standard InChI is InChI=1S/C15H11BrF2N2O/c16-10-4-2-1-3-8(10)7-20-12-6-9(17)5-11(18)13(12)14(19)15(20)21/h1-6,14H,7,19H2. The van der Waals surface area contributed by atoms with Crippen LogP contribution < -0.4 is 10.6 Å². The quantitative estimate of drug-likeness (QED) is 0.901. The van der Waals surface area contributed by atoms with Gasteiger partial charge in [-0.1, -0.05) is 34.1 Å². The van der Waals surface area contributed by atoms with Crippen LogP contribution in [0.5, 0.6) is 0 Å². The smallest absolute Gasteiger partial charge is 0.249 e. The number of hydrogen-bond donors (Lipinski definition) is 1. The number of anilines is 1. The zero-order chi connectivity index (χ0) is 15.1. The Labute approximate surface area is 128 Å². The summed E-state index contributed by atoms with van der Waals surface area (Å²) in [5.41, 5.74) is 6.83. The summed E-state index contributed by atoms with van der Waals surface area (Å²) in [4.78, 5) is 13.5. The number of nitrogens with zero attached hydrogens (tertiary/aromatic N) is 1. The maximum atomic E-state index is 13.9. The molecule has 108 valence electrons. The Morgan fingerprint density at radius 2 is 1.95 bits per heavy atom. The van der Waals surface area contributed by atoms with Crippen molar-refractivity contribution in [1.29, 1.82) is 0 Å². The van der Waals surface area contributed by atoms with Crippen LogP contribution in [0.15, 0.2) is 40.9 Å². The summed E-state index contributed by atoms with van der Waals surface area (Å²) in [6.07, 6.45) is 0. The Balaban J connectivity index is 2.06. The number of benzene rings is 2. The number of fused-ring (bicyclic) bond motifs is 1. The zero-order valence-electron chi connectivity index (χ0n) is 10.8. The van der Waals surface area contributed by atoms with E-state index in [9.17, 15) is 13.6 Å². The normalized spacial score (nSPS) is 17.2.